The van der Waals surface area contributed by atoms with Crippen LogP contribution in [0, 0.1) is 0 Å². The van der Waals surface area contributed by atoms with Gasteiger partial charge >= 0.3 is 34.7 Å². The summed E-state index contributed by atoms with van der Waals surface area (Å²) < 4.78 is 37.8. The van der Waals surface area contributed by atoms with Crippen LogP contribution in [0.15, 0.2) is 74.3 Å². The Bertz CT molecular complexity index is 2000. The highest BCUT2D eigenvalue weighted by Gasteiger charge is 2.49. The van der Waals surface area contributed by atoms with Crippen molar-refractivity contribution in [3.63, 3.8) is 0 Å². The fraction of sp³-hybridized carbons (Fsp3) is 0.575. The van der Waals surface area contributed by atoms with Crippen LogP contribution in [0.3, 0.4) is 0 Å². The number of hydrogen-bond donors (Lipinski definition) is 0. The van der Waals surface area contributed by atoms with Crippen LogP contribution in [0.2, 0.25) is 76.6 Å². The Kier molecular flexibility index (Phi) is 17.3. The molecule has 12 nitrogen and oxygen atoms in total. The van der Waals surface area contributed by atoms with E-state index < -0.39 is 67.0 Å². The summed E-state index contributed by atoms with van der Waals surface area (Å²) in [6.07, 6.45) is 1.32. The molecule has 0 amide bonds. The van der Waals surface area contributed by atoms with Crippen molar-refractivity contribution in [2.24, 2.45) is 7.05 Å². The molecule has 0 atom stereocenters. The third-order valence-corrected chi connectivity index (χ3v) is 34.7. The maximum Gasteiger partial charge on any atom is 0.527 e. The standard InChI is InChI=1S/C40H71N3O9Si6/c1-33(58(50-6,51-7)52-8)56(15,16)37-25-23-35(24-26-37)54(11,12)30-18-28-43-39(45)41(2)38(44)42(40(43)46)27-17-29-53(9,10)34-19-21-36(22-20-34)55(13,14)31-32-57(47-3,48-4)49-5/h19-26H,1,17-18,27-32H2,2-16H3. The smallest absolute Gasteiger partial charge is 0.377 e. The molecule has 2 aromatic carbocycles. The molecule has 0 aliphatic heterocycles. The first-order valence-corrected chi connectivity index (χ1v) is 36.4. The maximum atomic E-state index is 13.7. The van der Waals surface area contributed by atoms with E-state index in [1.165, 1.54) is 36.9 Å². The lowest BCUT2D eigenvalue weighted by atomic mass is 10.4. The van der Waals surface area contributed by atoms with Gasteiger partial charge in [-0.2, -0.15) is 0 Å². The Hall–Kier alpha value is -2.35. The van der Waals surface area contributed by atoms with E-state index >= 15 is 0 Å². The molecule has 0 bridgehead atoms. The van der Waals surface area contributed by atoms with Crippen molar-refractivity contribution in [2.75, 3.05) is 42.7 Å². The Labute approximate surface area is 352 Å². The van der Waals surface area contributed by atoms with Crippen LogP contribution in [0.4, 0.5) is 0 Å². The van der Waals surface area contributed by atoms with E-state index in [0.717, 1.165) is 33.6 Å². The summed E-state index contributed by atoms with van der Waals surface area (Å²) in [5.41, 5.74) is -1.65. The molecule has 0 spiro atoms. The first kappa shape index (κ1) is 50.0. The summed E-state index contributed by atoms with van der Waals surface area (Å²) in [6, 6.07) is 21.5. The van der Waals surface area contributed by atoms with Crippen LogP contribution in [-0.4, -0.2) is 106 Å². The lowest BCUT2D eigenvalue weighted by molar-refractivity contribution is 0.125. The third kappa shape index (κ3) is 10.9. The molecule has 0 aliphatic carbocycles. The molecule has 0 unspecified atom stereocenters. The van der Waals surface area contributed by atoms with Gasteiger partial charge in [-0.1, -0.05) is 134 Å². The Morgan fingerprint density at radius 3 is 1.16 bits per heavy atom. The summed E-state index contributed by atoms with van der Waals surface area (Å²) in [5, 5.41) is 5.23. The van der Waals surface area contributed by atoms with Gasteiger partial charge in [-0.15, -0.1) is 6.58 Å². The molecule has 0 saturated heterocycles. The fourth-order valence-corrected chi connectivity index (χ4v) is 25.8. The minimum Gasteiger partial charge on any atom is -0.377 e. The Morgan fingerprint density at radius 1 is 0.500 bits per heavy atom. The average Bonchev–Trinajstić information content (AvgIpc) is 3.21. The summed E-state index contributed by atoms with van der Waals surface area (Å²) in [6.45, 7) is 23.4. The number of hydrogen-bond acceptors (Lipinski definition) is 9. The van der Waals surface area contributed by atoms with E-state index in [1.807, 2.05) is 0 Å². The van der Waals surface area contributed by atoms with Gasteiger partial charge in [-0.25, -0.2) is 28.1 Å². The molecule has 1 heterocycles. The van der Waals surface area contributed by atoms with Crippen molar-refractivity contribution in [3.8, 4) is 0 Å². The lowest BCUT2D eigenvalue weighted by Crippen LogP contribution is -2.58. The number of aromatic nitrogens is 3. The first-order valence-electron chi connectivity index (χ1n) is 20.1. The number of rotatable bonds is 23. The molecule has 0 saturated carbocycles. The third-order valence-electron chi connectivity index (χ3n) is 12.6. The van der Waals surface area contributed by atoms with Crippen molar-refractivity contribution in [1.29, 1.82) is 0 Å². The zero-order valence-electron chi connectivity index (χ0n) is 38.0. The second-order valence-electron chi connectivity index (χ2n) is 17.8. The minimum absolute atomic E-state index is 0.260. The van der Waals surface area contributed by atoms with Gasteiger partial charge in [-0.3, -0.25) is 0 Å². The lowest BCUT2D eigenvalue weighted by Gasteiger charge is -2.35. The van der Waals surface area contributed by atoms with Crippen LogP contribution in [0.1, 0.15) is 12.8 Å². The van der Waals surface area contributed by atoms with E-state index in [9.17, 15) is 14.4 Å². The molecule has 1 aromatic heterocycles. The zero-order valence-corrected chi connectivity index (χ0v) is 44.0. The molecule has 3 aromatic rings. The highest BCUT2D eigenvalue weighted by Crippen LogP contribution is 2.26. The van der Waals surface area contributed by atoms with E-state index in [1.54, 1.807) is 42.7 Å². The predicted molar refractivity (Wildman–Crippen MR) is 253 cm³/mol. The zero-order chi connectivity index (χ0) is 43.9. The van der Waals surface area contributed by atoms with Crippen molar-refractivity contribution in [1.82, 2.24) is 13.7 Å². The highest BCUT2D eigenvalue weighted by molar-refractivity contribution is 7.07. The van der Waals surface area contributed by atoms with Crippen molar-refractivity contribution in [3.05, 3.63) is 91.4 Å². The molecule has 3 rings (SSSR count). The topological polar surface area (TPSA) is 121 Å². The molecule has 58 heavy (non-hydrogen) atoms. The van der Waals surface area contributed by atoms with E-state index in [2.05, 4.69) is 107 Å². The summed E-state index contributed by atoms with van der Waals surface area (Å²) in [7, 11) is -2.23. The predicted octanol–water partition coefficient (Wildman–Crippen LogP) is 3.94. The van der Waals surface area contributed by atoms with Crippen LogP contribution < -0.4 is 37.8 Å². The summed E-state index contributed by atoms with van der Waals surface area (Å²) in [5.74, 6) is 0. The van der Waals surface area contributed by atoms with Gasteiger partial charge in [0.2, 0.25) is 0 Å². The molecule has 324 valence electrons. The van der Waals surface area contributed by atoms with Crippen LogP contribution in [0.5, 0.6) is 0 Å². The summed E-state index contributed by atoms with van der Waals surface area (Å²) in [4.78, 5) is 41.2. The Balaban J connectivity index is 1.70. The minimum atomic E-state index is -3.01. The SMILES string of the molecule is C=C([Si](OC)(OC)OC)[Si](C)(C)c1ccc([Si](C)(C)CCCn2c(=O)n(C)c(=O)n(CCC[Si](C)(C)c3ccc([Si](C)(C)CC[Si](OC)(OC)OC)cc3)c2=O)cc1. The maximum absolute atomic E-state index is 13.7. The highest BCUT2D eigenvalue weighted by atomic mass is 28.4. The molecular formula is C40H71N3O9Si6. The van der Waals surface area contributed by atoms with E-state index in [0.29, 0.717) is 12.8 Å². The normalized spacial score (nSPS) is 13.3. The summed E-state index contributed by atoms with van der Waals surface area (Å²) >= 11 is 0. The van der Waals surface area contributed by atoms with Crippen LogP contribution in [0.25, 0.3) is 0 Å². The van der Waals surface area contributed by atoms with Gasteiger partial charge in [0.1, 0.15) is 8.07 Å². The fourth-order valence-electron chi connectivity index (χ4n) is 7.84. The second-order valence-corrected chi connectivity index (χ2v) is 43.3. The van der Waals surface area contributed by atoms with E-state index in [-0.39, 0.29) is 13.1 Å². The molecule has 0 aliphatic rings. The quantitative estimate of drug-likeness (QED) is 0.131. The van der Waals surface area contributed by atoms with Gasteiger partial charge in [0, 0.05) is 68.8 Å². The van der Waals surface area contributed by atoms with E-state index in [4.69, 9.17) is 26.6 Å². The molecule has 0 N–H and O–H groups in total. The molecular weight excluding hydrogens is 835 g/mol. The van der Waals surface area contributed by atoms with Gasteiger partial charge in [0.25, 0.3) is 0 Å². The average molecular weight is 907 g/mol. The van der Waals surface area contributed by atoms with Gasteiger partial charge < -0.3 is 26.6 Å². The molecule has 18 heteroatoms. The largest absolute Gasteiger partial charge is 0.527 e. The molecule has 0 radical (unpaired) electrons. The van der Waals surface area contributed by atoms with Crippen LogP contribution in [-0.2, 0) is 46.7 Å². The molecule has 0 fully saturated rings. The number of benzene rings is 2. The number of nitrogens with zero attached hydrogens (tertiary/aromatic N) is 3. The van der Waals surface area contributed by atoms with Gasteiger partial charge in [-0.05, 0) is 23.7 Å². The van der Waals surface area contributed by atoms with Crippen LogP contribution >= 0.6 is 0 Å². The second kappa shape index (κ2) is 20.0. The first-order chi connectivity index (χ1) is 27.0. The monoisotopic (exact) mass is 905 g/mol. The Morgan fingerprint density at radius 2 is 0.828 bits per heavy atom. The van der Waals surface area contributed by atoms with Gasteiger partial charge in [0.05, 0.1) is 24.2 Å². The van der Waals surface area contributed by atoms with Crippen molar-refractivity contribution in [2.45, 2.75) is 102 Å². The van der Waals surface area contributed by atoms with Crippen molar-refractivity contribution < 1.29 is 26.6 Å². The van der Waals surface area contributed by atoms with Gasteiger partial charge in [0.15, 0.2) is 0 Å². The van der Waals surface area contributed by atoms with Crippen molar-refractivity contribution >= 4 is 70.7 Å².